The van der Waals surface area contributed by atoms with E-state index in [1.165, 1.54) is 5.56 Å². The first-order valence-corrected chi connectivity index (χ1v) is 8.79. The summed E-state index contributed by atoms with van der Waals surface area (Å²) in [6, 6.07) is 11.5. The molecule has 0 aliphatic rings. The van der Waals surface area contributed by atoms with Crippen molar-refractivity contribution in [2.75, 3.05) is 18.4 Å². The summed E-state index contributed by atoms with van der Waals surface area (Å²) in [5, 5.41) is 6.95. The van der Waals surface area contributed by atoms with Gasteiger partial charge in [-0.1, -0.05) is 43.5 Å². The molecule has 1 amide bonds. The number of nitrogens with one attached hydrogen (secondary N) is 2. The molecule has 0 fully saturated rings. The maximum atomic E-state index is 11.9. The van der Waals surface area contributed by atoms with E-state index in [1.807, 2.05) is 30.3 Å². The zero-order chi connectivity index (χ0) is 17.2. The summed E-state index contributed by atoms with van der Waals surface area (Å²) in [6.07, 6.45) is 5.88. The number of nitrogens with zero attached hydrogens (tertiary/aromatic N) is 1. The minimum absolute atomic E-state index is 0.112. The average Bonchev–Trinajstić information content (AvgIpc) is 2.61. The zero-order valence-corrected chi connectivity index (χ0v) is 14.8. The predicted octanol–water partition coefficient (Wildman–Crippen LogP) is 4.31. The number of rotatable bonds is 9. The van der Waals surface area contributed by atoms with Crippen LogP contribution in [-0.2, 0) is 6.42 Å². The Hall–Kier alpha value is -2.07. The van der Waals surface area contributed by atoms with Gasteiger partial charge in [0.15, 0.2) is 0 Å². The van der Waals surface area contributed by atoms with Crippen molar-refractivity contribution in [3.8, 4) is 0 Å². The Labute approximate surface area is 148 Å². The lowest BCUT2D eigenvalue weighted by atomic mass is 10.1. The SMILES string of the molecule is CCCCCNC(=O)c1ccc(NCCc2ccc(Cl)cc2)cn1. The fraction of sp³-hybridized carbons (Fsp3) is 0.368. The van der Waals surface area contributed by atoms with Crippen molar-refractivity contribution in [3.05, 3.63) is 58.9 Å². The molecule has 0 aliphatic heterocycles. The third-order valence-corrected chi connectivity index (χ3v) is 3.97. The number of amides is 1. The zero-order valence-electron chi connectivity index (χ0n) is 14.0. The Morgan fingerprint density at radius 1 is 1.08 bits per heavy atom. The molecule has 0 bridgehead atoms. The van der Waals surface area contributed by atoms with Crippen LogP contribution in [0.25, 0.3) is 0 Å². The van der Waals surface area contributed by atoms with Crippen molar-refractivity contribution in [3.63, 3.8) is 0 Å². The van der Waals surface area contributed by atoms with E-state index < -0.39 is 0 Å². The Bertz CT molecular complexity index is 626. The van der Waals surface area contributed by atoms with E-state index in [1.54, 1.807) is 12.3 Å². The summed E-state index contributed by atoms with van der Waals surface area (Å²) in [4.78, 5) is 16.2. The second kappa shape index (κ2) is 9.93. The highest BCUT2D eigenvalue weighted by molar-refractivity contribution is 6.30. The molecule has 24 heavy (non-hydrogen) atoms. The lowest BCUT2D eigenvalue weighted by Crippen LogP contribution is -2.25. The largest absolute Gasteiger partial charge is 0.383 e. The van der Waals surface area contributed by atoms with Crippen LogP contribution in [0, 0.1) is 0 Å². The Kier molecular flexibility index (Phi) is 7.56. The minimum Gasteiger partial charge on any atom is -0.383 e. The van der Waals surface area contributed by atoms with Crippen molar-refractivity contribution < 1.29 is 4.79 Å². The number of halogens is 1. The van der Waals surface area contributed by atoms with Gasteiger partial charge in [-0.05, 0) is 42.7 Å². The third-order valence-electron chi connectivity index (χ3n) is 3.72. The van der Waals surface area contributed by atoms with Gasteiger partial charge in [-0.2, -0.15) is 0 Å². The molecule has 2 N–H and O–H groups in total. The van der Waals surface area contributed by atoms with Crippen LogP contribution in [0.3, 0.4) is 0 Å². The van der Waals surface area contributed by atoms with Crippen LogP contribution >= 0.6 is 11.6 Å². The van der Waals surface area contributed by atoms with Gasteiger partial charge in [0, 0.05) is 18.1 Å². The van der Waals surface area contributed by atoms with Crippen molar-refractivity contribution in [2.24, 2.45) is 0 Å². The lowest BCUT2D eigenvalue weighted by Gasteiger charge is -2.08. The highest BCUT2D eigenvalue weighted by atomic mass is 35.5. The van der Waals surface area contributed by atoms with Crippen LogP contribution in [0.5, 0.6) is 0 Å². The van der Waals surface area contributed by atoms with Gasteiger partial charge in [0.2, 0.25) is 0 Å². The van der Waals surface area contributed by atoms with Crippen LogP contribution < -0.4 is 10.6 Å². The molecule has 0 saturated heterocycles. The Morgan fingerprint density at radius 3 is 2.54 bits per heavy atom. The number of hydrogen-bond donors (Lipinski definition) is 2. The molecule has 0 aliphatic carbocycles. The quantitative estimate of drug-likeness (QED) is 0.666. The van der Waals surface area contributed by atoms with Gasteiger partial charge < -0.3 is 10.6 Å². The second-order valence-electron chi connectivity index (χ2n) is 5.70. The monoisotopic (exact) mass is 345 g/mol. The van der Waals surface area contributed by atoms with E-state index >= 15 is 0 Å². The topological polar surface area (TPSA) is 54.0 Å². The maximum Gasteiger partial charge on any atom is 0.269 e. The number of anilines is 1. The van der Waals surface area contributed by atoms with Gasteiger partial charge in [0.05, 0.1) is 11.9 Å². The smallest absolute Gasteiger partial charge is 0.269 e. The van der Waals surface area contributed by atoms with Crippen LogP contribution in [0.15, 0.2) is 42.6 Å². The summed E-state index contributed by atoms with van der Waals surface area (Å²) in [5.41, 5.74) is 2.59. The number of aromatic nitrogens is 1. The maximum absolute atomic E-state index is 11.9. The molecule has 1 heterocycles. The van der Waals surface area contributed by atoms with Crippen molar-refractivity contribution in [1.29, 1.82) is 0 Å². The molecule has 4 nitrogen and oxygen atoms in total. The first kappa shape index (κ1) is 18.3. The van der Waals surface area contributed by atoms with Crippen LogP contribution in [0.1, 0.15) is 42.2 Å². The highest BCUT2D eigenvalue weighted by Gasteiger charge is 2.06. The van der Waals surface area contributed by atoms with Gasteiger partial charge in [-0.3, -0.25) is 4.79 Å². The number of benzene rings is 1. The summed E-state index contributed by atoms with van der Waals surface area (Å²) in [7, 11) is 0. The standard InChI is InChI=1S/C19H24ClN3O/c1-2-3-4-12-22-19(24)18-10-9-17(14-23-18)21-13-11-15-5-7-16(20)8-6-15/h5-10,14,21H,2-4,11-13H2,1H3,(H,22,24). The van der Waals surface area contributed by atoms with Gasteiger partial charge in [0.1, 0.15) is 5.69 Å². The number of hydrogen-bond acceptors (Lipinski definition) is 3. The molecule has 128 valence electrons. The number of carbonyl (C=O) groups excluding carboxylic acids is 1. The molecule has 1 aromatic carbocycles. The van der Waals surface area contributed by atoms with Crippen molar-refractivity contribution in [1.82, 2.24) is 10.3 Å². The fourth-order valence-corrected chi connectivity index (χ4v) is 2.43. The lowest BCUT2D eigenvalue weighted by molar-refractivity contribution is 0.0948. The third kappa shape index (κ3) is 6.20. The van der Waals surface area contributed by atoms with Crippen molar-refractivity contribution in [2.45, 2.75) is 32.6 Å². The van der Waals surface area contributed by atoms with E-state index in [-0.39, 0.29) is 5.91 Å². The Balaban J connectivity index is 1.75. The van der Waals surface area contributed by atoms with Gasteiger partial charge in [0.25, 0.3) is 5.91 Å². The molecule has 0 saturated carbocycles. The van der Waals surface area contributed by atoms with Gasteiger partial charge >= 0.3 is 0 Å². The molecule has 0 radical (unpaired) electrons. The number of unbranched alkanes of at least 4 members (excludes halogenated alkanes) is 2. The Morgan fingerprint density at radius 2 is 1.88 bits per heavy atom. The molecule has 5 heteroatoms. The first-order valence-electron chi connectivity index (χ1n) is 8.41. The van der Waals surface area contributed by atoms with Crippen LogP contribution in [-0.4, -0.2) is 24.0 Å². The van der Waals surface area contributed by atoms with E-state index in [0.29, 0.717) is 12.2 Å². The van der Waals surface area contributed by atoms with Gasteiger partial charge in [-0.25, -0.2) is 4.98 Å². The average molecular weight is 346 g/mol. The molecule has 0 unspecified atom stereocenters. The summed E-state index contributed by atoms with van der Waals surface area (Å²) in [5.74, 6) is -0.112. The van der Waals surface area contributed by atoms with Gasteiger partial charge in [-0.15, -0.1) is 0 Å². The molecular weight excluding hydrogens is 322 g/mol. The summed E-state index contributed by atoms with van der Waals surface area (Å²) < 4.78 is 0. The highest BCUT2D eigenvalue weighted by Crippen LogP contribution is 2.11. The van der Waals surface area contributed by atoms with E-state index in [9.17, 15) is 4.79 Å². The molecular formula is C19H24ClN3O. The molecule has 2 aromatic rings. The predicted molar refractivity (Wildman–Crippen MR) is 99.7 cm³/mol. The number of pyridine rings is 1. The van der Waals surface area contributed by atoms with E-state index in [4.69, 9.17) is 11.6 Å². The molecule has 0 spiro atoms. The van der Waals surface area contributed by atoms with Crippen molar-refractivity contribution >= 4 is 23.2 Å². The van der Waals surface area contributed by atoms with E-state index in [2.05, 4.69) is 22.5 Å². The van der Waals surface area contributed by atoms with Crippen LogP contribution in [0.2, 0.25) is 5.02 Å². The second-order valence-corrected chi connectivity index (χ2v) is 6.13. The first-order chi connectivity index (χ1) is 11.7. The molecule has 2 rings (SSSR count). The number of carbonyl (C=O) groups is 1. The normalized spacial score (nSPS) is 10.4. The molecule has 0 atom stereocenters. The summed E-state index contributed by atoms with van der Waals surface area (Å²) >= 11 is 5.87. The minimum atomic E-state index is -0.112. The molecule has 1 aromatic heterocycles. The fourth-order valence-electron chi connectivity index (χ4n) is 2.30. The van der Waals surface area contributed by atoms with E-state index in [0.717, 1.165) is 42.9 Å². The van der Waals surface area contributed by atoms with Crippen LogP contribution in [0.4, 0.5) is 5.69 Å². The summed E-state index contributed by atoms with van der Waals surface area (Å²) in [6.45, 7) is 3.64.